The Bertz CT molecular complexity index is 246. The van der Waals surface area contributed by atoms with Crippen molar-refractivity contribution in [1.29, 1.82) is 0 Å². The number of carbonyl (C=O) groups excluding carboxylic acids is 1. The molecule has 0 aromatic carbocycles. The number of ether oxygens (including phenoxy) is 2. The van der Waals surface area contributed by atoms with Crippen LogP contribution in [0.25, 0.3) is 0 Å². The second-order valence-electron chi connectivity index (χ2n) is 4.44. The molecule has 0 aromatic rings. The van der Waals surface area contributed by atoms with Crippen LogP contribution < -0.4 is 5.73 Å². The highest BCUT2D eigenvalue weighted by Gasteiger charge is 2.31. The molecule has 3 unspecified atom stereocenters. The second-order valence-corrected chi connectivity index (χ2v) is 4.44. The summed E-state index contributed by atoms with van der Waals surface area (Å²) in [6.07, 6.45) is 0.761. The van der Waals surface area contributed by atoms with Crippen LogP contribution in [0.3, 0.4) is 0 Å². The van der Waals surface area contributed by atoms with E-state index in [1.54, 1.807) is 0 Å². The maximum absolute atomic E-state index is 11.8. The minimum atomic E-state index is -0.167. The van der Waals surface area contributed by atoms with E-state index in [2.05, 4.69) is 4.90 Å². The van der Waals surface area contributed by atoms with Gasteiger partial charge < -0.3 is 15.2 Å². The molecule has 1 aliphatic rings. The molecule has 0 aliphatic carbocycles. The lowest BCUT2D eigenvalue weighted by Gasteiger charge is -2.38. The van der Waals surface area contributed by atoms with E-state index < -0.39 is 0 Å². The molecule has 1 aliphatic heterocycles. The highest BCUT2D eigenvalue weighted by Crippen LogP contribution is 2.14. The third-order valence-electron chi connectivity index (χ3n) is 3.10. The van der Waals surface area contributed by atoms with Crippen LogP contribution in [0.4, 0.5) is 0 Å². The molecule has 5 nitrogen and oxygen atoms in total. The minimum absolute atomic E-state index is 0.00669. The summed E-state index contributed by atoms with van der Waals surface area (Å²) in [6, 6.07) is -0.183. The average Bonchev–Trinajstić information content (AvgIpc) is 2.30. The first-order chi connectivity index (χ1) is 8.10. The largest absolute Gasteiger partial charge is 0.465 e. The molecule has 3 atom stereocenters. The summed E-state index contributed by atoms with van der Waals surface area (Å²) < 4.78 is 10.7. The lowest BCUT2D eigenvalue weighted by Crippen LogP contribution is -2.54. The average molecular weight is 244 g/mol. The maximum atomic E-state index is 11.8. The molecule has 0 bridgehead atoms. The number of nitrogens with two attached hydrogens (primary N) is 1. The summed E-state index contributed by atoms with van der Waals surface area (Å²) >= 11 is 0. The monoisotopic (exact) mass is 244 g/mol. The first kappa shape index (κ1) is 14.4. The van der Waals surface area contributed by atoms with Crippen molar-refractivity contribution >= 4 is 5.97 Å². The summed E-state index contributed by atoms with van der Waals surface area (Å²) in [7, 11) is 0. The van der Waals surface area contributed by atoms with Crippen LogP contribution in [0.2, 0.25) is 0 Å². The van der Waals surface area contributed by atoms with E-state index in [0.29, 0.717) is 19.8 Å². The van der Waals surface area contributed by atoms with Crippen molar-refractivity contribution in [2.75, 3.05) is 26.3 Å². The van der Waals surface area contributed by atoms with Crippen LogP contribution in [-0.4, -0.2) is 55.4 Å². The Labute approximate surface area is 103 Å². The van der Waals surface area contributed by atoms with E-state index in [1.807, 2.05) is 20.8 Å². The molecule has 1 saturated heterocycles. The van der Waals surface area contributed by atoms with Gasteiger partial charge in [-0.2, -0.15) is 0 Å². The first-order valence-corrected chi connectivity index (χ1v) is 6.38. The van der Waals surface area contributed by atoms with Crippen LogP contribution >= 0.6 is 0 Å². The van der Waals surface area contributed by atoms with E-state index in [-0.39, 0.29) is 24.2 Å². The van der Waals surface area contributed by atoms with Crippen LogP contribution in [0.5, 0.6) is 0 Å². The summed E-state index contributed by atoms with van der Waals surface area (Å²) in [5.74, 6) is -0.139. The van der Waals surface area contributed by atoms with Crippen molar-refractivity contribution in [3.8, 4) is 0 Å². The Hall–Kier alpha value is -0.650. The van der Waals surface area contributed by atoms with Gasteiger partial charge in [0.1, 0.15) is 6.04 Å². The Morgan fingerprint density at radius 2 is 2.29 bits per heavy atom. The molecule has 0 amide bonds. The van der Waals surface area contributed by atoms with E-state index in [1.165, 1.54) is 0 Å². The van der Waals surface area contributed by atoms with Gasteiger partial charge in [-0.15, -0.1) is 0 Å². The topological polar surface area (TPSA) is 64.8 Å². The zero-order chi connectivity index (χ0) is 12.8. The van der Waals surface area contributed by atoms with Crippen molar-refractivity contribution in [2.24, 2.45) is 5.73 Å². The van der Waals surface area contributed by atoms with Crippen molar-refractivity contribution in [1.82, 2.24) is 4.90 Å². The third-order valence-corrected chi connectivity index (χ3v) is 3.10. The van der Waals surface area contributed by atoms with Gasteiger partial charge in [0.25, 0.3) is 0 Å². The van der Waals surface area contributed by atoms with Gasteiger partial charge in [0.15, 0.2) is 0 Å². The number of morpholine rings is 1. The molecule has 2 N–H and O–H groups in total. The lowest BCUT2D eigenvalue weighted by atomic mass is 10.1. The SMILES string of the molecule is CCOC(=O)C(CC)N1CCOC(C(C)N)C1. The van der Waals surface area contributed by atoms with Gasteiger partial charge >= 0.3 is 5.97 Å². The van der Waals surface area contributed by atoms with Crippen LogP contribution in [0.1, 0.15) is 27.2 Å². The summed E-state index contributed by atoms with van der Waals surface area (Å²) in [4.78, 5) is 13.9. The zero-order valence-electron chi connectivity index (χ0n) is 11.0. The van der Waals surface area contributed by atoms with Gasteiger partial charge in [-0.1, -0.05) is 6.92 Å². The number of esters is 1. The van der Waals surface area contributed by atoms with Crippen molar-refractivity contribution < 1.29 is 14.3 Å². The summed E-state index contributed by atoms with van der Waals surface area (Å²) in [5, 5.41) is 0. The molecule has 0 spiro atoms. The molecule has 100 valence electrons. The molecule has 1 heterocycles. The van der Waals surface area contributed by atoms with Gasteiger partial charge in [-0.25, -0.2) is 0 Å². The molecule has 0 aromatic heterocycles. The molecule has 1 fully saturated rings. The molecule has 17 heavy (non-hydrogen) atoms. The number of hydrogen-bond acceptors (Lipinski definition) is 5. The standard InChI is InChI=1S/C12H24N2O3/c1-4-10(12(15)16-5-2)14-6-7-17-11(8-14)9(3)13/h9-11H,4-8,13H2,1-3H3. The summed E-state index contributed by atoms with van der Waals surface area (Å²) in [6.45, 7) is 8.28. The Balaban J connectivity index is 2.59. The lowest BCUT2D eigenvalue weighted by molar-refractivity contribution is -0.153. The molecule has 1 rings (SSSR count). The zero-order valence-corrected chi connectivity index (χ0v) is 11.0. The fraction of sp³-hybridized carbons (Fsp3) is 0.917. The fourth-order valence-electron chi connectivity index (χ4n) is 2.11. The van der Waals surface area contributed by atoms with Gasteiger partial charge in [0, 0.05) is 19.1 Å². The smallest absolute Gasteiger partial charge is 0.323 e. The predicted octanol–water partition coefficient (Wildman–Crippen LogP) is 0.376. The van der Waals surface area contributed by atoms with Gasteiger partial charge in [-0.05, 0) is 20.3 Å². The summed E-state index contributed by atoms with van der Waals surface area (Å²) in [5.41, 5.74) is 5.84. The van der Waals surface area contributed by atoms with Gasteiger partial charge in [0.2, 0.25) is 0 Å². The number of rotatable bonds is 5. The Morgan fingerprint density at radius 1 is 1.59 bits per heavy atom. The normalized spacial score (nSPS) is 25.3. The van der Waals surface area contributed by atoms with Gasteiger partial charge in [0.05, 0.1) is 19.3 Å². The quantitative estimate of drug-likeness (QED) is 0.708. The number of nitrogens with zero attached hydrogens (tertiary/aromatic N) is 1. The predicted molar refractivity (Wildman–Crippen MR) is 65.7 cm³/mol. The molecule has 5 heteroatoms. The first-order valence-electron chi connectivity index (χ1n) is 6.38. The van der Waals surface area contributed by atoms with Gasteiger partial charge in [-0.3, -0.25) is 9.69 Å². The van der Waals surface area contributed by atoms with Crippen LogP contribution in [0, 0.1) is 0 Å². The number of carbonyl (C=O) groups is 1. The van der Waals surface area contributed by atoms with E-state index >= 15 is 0 Å². The van der Waals surface area contributed by atoms with E-state index in [4.69, 9.17) is 15.2 Å². The third kappa shape index (κ3) is 3.94. The second kappa shape index (κ2) is 6.93. The Kier molecular flexibility index (Phi) is 5.88. The fourth-order valence-corrected chi connectivity index (χ4v) is 2.11. The molecular formula is C12H24N2O3. The van der Waals surface area contributed by atoms with E-state index in [9.17, 15) is 4.79 Å². The van der Waals surface area contributed by atoms with Crippen LogP contribution in [-0.2, 0) is 14.3 Å². The minimum Gasteiger partial charge on any atom is -0.465 e. The molecule has 0 radical (unpaired) electrons. The maximum Gasteiger partial charge on any atom is 0.323 e. The van der Waals surface area contributed by atoms with Crippen molar-refractivity contribution in [2.45, 2.75) is 45.4 Å². The highest BCUT2D eigenvalue weighted by molar-refractivity contribution is 5.75. The molecular weight excluding hydrogens is 220 g/mol. The van der Waals surface area contributed by atoms with Crippen molar-refractivity contribution in [3.63, 3.8) is 0 Å². The van der Waals surface area contributed by atoms with Crippen molar-refractivity contribution in [3.05, 3.63) is 0 Å². The highest BCUT2D eigenvalue weighted by atomic mass is 16.5. The van der Waals surface area contributed by atoms with E-state index in [0.717, 1.165) is 13.0 Å². The van der Waals surface area contributed by atoms with Crippen LogP contribution in [0.15, 0.2) is 0 Å². The Morgan fingerprint density at radius 3 is 2.82 bits per heavy atom. The molecule has 0 saturated carbocycles. The number of hydrogen-bond donors (Lipinski definition) is 1.